The Morgan fingerprint density at radius 3 is 3.24 bits per heavy atom. The summed E-state index contributed by atoms with van der Waals surface area (Å²) in [5.74, 6) is 2.28. The molecule has 0 saturated carbocycles. The molecular formula is C12H12N4O. The van der Waals surface area contributed by atoms with E-state index in [4.69, 9.17) is 6.42 Å². The van der Waals surface area contributed by atoms with Gasteiger partial charge in [0.15, 0.2) is 0 Å². The van der Waals surface area contributed by atoms with Gasteiger partial charge in [-0.15, -0.1) is 6.42 Å². The monoisotopic (exact) mass is 228 g/mol. The van der Waals surface area contributed by atoms with E-state index in [1.165, 1.54) is 0 Å². The zero-order valence-corrected chi connectivity index (χ0v) is 9.16. The minimum atomic E-state index is -0.126. The molecular weight excluding hydrogens is 216 g/mol. The molecule has 0 atom stereocenters. The fourth-order valence-electron chi connectivity index (χ4n) is 1.47. The SMILES string of the molecule is C#CCNCC(=O)Nc1ccc2cn[nH]c2c1. The summed E-state index contributed by atoms with van der Waals surface area (Å²) in [7, 11) is 0. The number of hydrogen-bond acceptors (Lipinski definition) is 3. The number of amides is 1. The topological polar surface area (TPSA) is 69.8 Å². The first-order valence-corrected chi connectivity index (χ1v) is 5.17. The number of aromatic amines is 1. The molecule has 5 heteroatoms. The molecule has 0 fully saturated rings. The van der Waals surface area contributed by atoms with E-state index in [-0.39, 0.29) is 12.5 Å². The van der Waals surface area contributed by atoms with Gasteiger partial charge in [0.05, 0.1) is 24.8 Å². The first kappa shape index (κ1) is 11.2. The molecule has 0 bridgehead atoms. The number of nitrogens with one attached hydrogen (secondary N) is 3. The third-order valence-corrected chi connectivity index (χ3v) is 2.24. The van der Waals surface area contributed by atoms with Gasteiger partial charge < -0.3 is 5.32 Å². The van der Waals surface area contributed by atoms with Crippen LogP contribution in [-0.4, -0.2) is 29.2 Å². The van der Waals surface area contributed by atoms with Gasteiger partial charge >= 0.3 is 0 Å². The van der Waals surface area contributed by atoms with Crippen LogP contribution in [0.2, 0.25) is 0 Å². The van der Waals surface area contributed by atoms with Crippen LogP contribution in [0.5, 0.6) is 0 Å². The second kappa shape index (κ2) is 5.14. The van der Waals surface area contributed by atoms with Crippen molar-refractivity contribution in [1.82, 2.24) is 15.5 Å². The molecule has 0 aliphatic carbocycles. The average molecular weight is 228 g/mol. The van der Waals surface area contributed by atoms with Crippen molar-refractivity contribution in [2.24, 2.45) is 0 Å². The van der Waals surface area contributed by atoms with Gasteiger partial charge in [-0.05, 0) is 18.2 Å². The third kappa shape index (κ3) is 2.83. The van der Waals surface area contributed by atoms with Crippen LogP contribution < -0.4 is 10.6 Å². The van der Waals surface area contributed by atoms with Crippen molar-refractivity contribution >= 4 is 22.5 Å². The number of anilines is 1. The van der Waals surface area contributed by atoms with Crippen LogP contribution in [0.1, 0.15) is 0 Å². The van der Waals surface area contributed by atoms with E-state index in [0.29, 0.717) is 6.54 Å². The highest BCUT2D eigenvalue weighted by Gasteiger charge is 2.02. The Balaban J connectivity index is 1.98. The number of H-pyrrole nitrogens is 1. The zero-order valence-electron chi connectivity index (χ0n) is 9.16. The van der Waals surface area contributed by atoms with Crippen molar-refractivity contribution in [3.63, 3.8) is 0 Å². The Morgan fingerprint density at radius 1 is 1.53 bits per heavy atom. The fraction of sp³-hybridized carbons (Fsp3) is 0.167. The van der Waals surface area contributed by atoms with E-state index in [1.54, 1.807) is 6.20 Å². The van der Waals surface area contributed by atoms with Crippen LogP contribution in [0.4, 0.5) is 5.69 Å². The molecule has 2 rings (SSSR count). The van der Waals surface area contributed by atoms with Crippen molar-refractivity contribution in [2.75, 3.05) is 18.4 Å². The summed E-state index contributed by atoms with van der Waals surface area (Å²) in [4.78, 5) is 11.5. The molecule has 3 N–H and O–H groups in total. The molecule has 1 heterocycles. The lowest BCUT2D eigenvalue weighted by atomic mass is 10.2. The number of fused-ring (bicyclic) bond motifs is 1. The number of aromatic nitrogens is 2. The number of nitrogens with zero attached hydrogens (tertiary/aromatic N) is 1. The lowest BCUT2D eigenvalue weighted by Crippen LogP contribution is -2.28. The van der Waals surface area contributed by atoms with Crippen molar-refractivity contribution < 1.29 is 4.79 Å². The van der Waals surface area contributed by atoms with Gasteiger partial charge in [-0.2, -0.15) is 5.10 Å². The summed E-state index contributed by atoms with van der Waals surface area (Å²) < 4.78 is 0. The maximum absolute atomic E-state index is 11.5. The van der Waals surface area contributed by atoms with E-state index in [0.717, 1.165) is 16.6 Å². The molecule has 1 aromatic carbocycles. The molecule has 0 radical (unpaired) electrons. The number of benzene rings is 1. The van der Waals surface area contributed by atoms with Crippen molar-refractivity contribution in [3.8, 4) is 12.3 Å². The fourth-order valence-corrected chi connectivity index (χ4v) is 1.47. The number of carbonyl (C=O) groups excluding carboxylic acids is 1. The highest BCUT2D eigenvalue weighted by Crippen LogP contribution is 2.16. The molecule has 1 aromatic heterocycles. The van der Waals surface area contributed by atoms with E-state index in [9.17, 15) is 4.79 Å². The molecule has 0 spiro atoms. The van der Waals surface area contributed by atoms with Gasteiger partial charge in [-0.1, -0.05) is 5.92 Å². The van der Waals surface area contributed by atoms with Gasteiger partial charge in [0.1, 0.15) is 0 Å². The maximum Gasteiger partial charge on any atom is 0.238 e. The molecule has 0 aliphatic heterocycles. The van der Waals surface area contributed by atoms with E-state index in [2.05, 4.69) is 26.8 Å². The number of rotatable bonds is 4. The van der Waals surface area contributed by atoms with E-state index >= 15 is 0 Å². The van der Waals surface area contributed by atoms with Gasteiger partial charge in [0.25, 0.3) is 0 Å². The highest BCUT2D eigenvalue weighted by atomic mass is 16.1. The van der Waals surface area contributed by atoms with E-state index in [1.807, 2.05) is 18.2 Å². The van der Waals surface area contributed by atoms with Crippen LogP contribution in [0.25, 0.3) is 10.9 Å². The molecule has 0 aliphatic rings. The van der Waals surface area contributed by atoms with Crippen LogP contribution in [0.3, 0.4) is 0 Å². The smallest absolute Gasteiger partial charge is 0.238 e. The Labute approximate surface area is 98.6 Å². The standard InChI is InChI=1S/C12H12N4O/c1-2-5-13-8-12(17)15-10-4-3-9-7-14-16-11(9)6-10/h1,3-4,6-7,13H,5,8H2,(H,14,16)(H,15,17). The summed E-state index contributed by atoms with van der Waals surface area (Å²) in [5.41, 5.74) is 1.62. The summed E-state index contributed by atoms with van der Waals surface area (Å²) >= 11 is 0. The Hall–Kier alpha value is -2.32. The lowest BCUT2D eigenvalue weighted by molar-refractivity contribution is -0.115. The second-order valence-corrected chi connectivity index (χ2v) is 3.53. The first-order valence-electron chi connectivity index (χ1n) is 5.17. The van der Waals surface area contributed by atoms with Crippen LogP contribution in [0, 0.1) is 12.3 Å². The Bertz CT molecular complexity index is 567. The molecule has 86 valence electrons. The molecule has 0 saturated heterocycles. The van der Waals surface area contributed by atoms with Gasteiger partial charge in [0, 0.05) is 11.1 Å². The minimum absolute atomic E-state index is 0.126. The average Bonchev–Trinajstić information content (AvgIpc) is 2.76. The van der Waals surface area contributed by atoms with Gasteiger partial charge in [-0.25, -0.2) is 0 Å². The zero-order chi connectivity index (χ0) is 12.1. The normalized spacial score (nSPS) is 10.1. The predicted molar refractivity (Wildman–Crippen MR) is 66.4 cm³/mol. The van der Waals surface area contributed by atoms with E-state index < -0.39 is 0 Å². The highest BCUT2D eigenvalue weighted by molar-refractivity contribution is 5.94. The predicted octanol–water partition coefficient (Wildman–Crippen LogP) is 0.724. The maximum atomic E-state index is 11.5. The Kier molecular flexibility index (Phi) is 3.38. The quantitative estimate of drug-likeness (QED) is 0.533. The largest absolute Gasteiger partial charge is 0.325 e. The lowest BCUT2D eigenvalue weighted by Gasteiger charge is -2.05. The Morgan fingerprint density at radius 2 is 2.41 bits per heavy atom. The van der Waals surface area contributed by atoms with Crippen molar-refractivity contribution in [1.29, 1.82) is 0 Å². The number of carbonyl (C=O) groups is 1. The third-order valence-electron chi connectivity index (χ3n) is 2.24. The number of hydrogen-bond donors (Lipinski definition) is 3. The van der Waals surface area contributed by atoms with Crippen LogP contribution in [-0.2, 0) is 4.79 Å². The second-order valence-electron chi connectivity index (χ2n) is 3.53. The summed E-state index contributed by atoms with van der Waals surface area (Å²) in [6.07, 6.45) is 6.79. The first-order chi connectivity index (χ1) is 8.29. The minimum Gasteiger partial charge on any atom is -0.325 e. The molecule has 1 amide bonds. The van der Waals surface area contributed by atoms with Gasteiger partial charge in [-0.3, -0.25) is 15.2 Å². The number of terminal acetylenes is 1. The molecule has 5 nitrogen and oxygen atoms in total. The summed E-state index contributed by atoms with van der Waals surface area (Å²) in [6, 6.07) is 5.56. The van der Waals surface area contributed by atoms with Crippen molar-refractivity contribution in [3.05, 3.63) is 24.4 Å². The molecule has 2 aromatic rings. The molecule has 0 unspecified atom stereocenters. The van der Waals surface area contributed by atoms with Crippen LogP contribution in [0.15, 0.2) is 24.4 Å². The molecule has 17 heavy (non-hydrogen) atoms. The summed E-state index contributed by atoms with van der Waals surface area (Å²) in [6.45, 7) is 0.582. The van der Waals surface area contributed by atoms with Gasteiger partial charge in [0.2, 0.25) is 5.91 Å². The van der Waals surface area contributed by atoms with Crippen LogP contribution >= 0.6 is 0 Å². The summed E-state index contributed by atoms with van der Waals surface area (Å²) in [5, 5.41) is 13.3. The van der Waals surface area contributed by atoms with Crippen molar-refractivity contribution in [2.45, 2.75) is 0 Å².